The van der Waals surface area contributed by atoms with E-state index in [1.54, 1.807) is 6.92 Å². The molecule has 8 heavy (non-hydrogen) atoms. The summed E-state index contributed by atoms with van der Waals surface area (Å²) < 4.78 is 22.7. The van der Waals surface area contributed by atoms with Gasteiger partial charge in [0.05, 0.1) is 0 Å². The molecular formula is C5H11F2N. The summed E-state index contributed by atoms with van der Waals surface area (Å²) in [6.45, 7) is 1.22. The van der Waals surface area contributed by atoms with Crippen molar-refractivity contribution >= 4 is 0 Å². The molecule has 0 amide bonds. The Kier molecular flexibility index (Phi) is 3.69. The van der Waals surface area contributed by atoms with Gasteiger partial charge >= 0.3 is 0 Å². The van der Waals surface area contributed by atoms with Crippen molar-refractivity contribution < 1.29 is 8.78 Å². The normalized spacial score (nSPS) is 14.6. The fraction of sp³-hybridized carbons (Fsp3) is 1.00. The highest BCUT2D eigenvalue weighted by atomic mass is 19.3. The second-order valence-electron chi connectivity index (χ2n) is 1.78. The lowest BCUT2D eigenvalue weighted by Crippen LogP contribution is -2.29. The monoisotopic (exact) mass is 123 g/mol. The maximum atomic E-state index is 11.4. The van der Waals surface area contributed by atoms with E-state index in [2.05, 4.69) is 5.32 Å². The van der Waals surface area contributed by atoms with Gasteiger partial charge in [-0.25, -0.2) is 0 Å². The van der Waals surface area contributed by atoms with E-state index in [-0.39, 0.29) is 6.04 Å². The molecule has 1 nitrogen and oxygen atoms in total. The lowest BCUT2D eigenvalue weighted by Gasteiger charge is -2.08. The molecule has 1 unspecified atom stereocenters. The second-order valence-corrected chi connectivity index (χ2v) is 1.78. The molecule has 0 saturated carbocycles. The zero-order valence-corrected chi connectivity index (χ0v) is 5.12. The first kappa shape index (κ1) is 7.82. The van der Waals surface area contributed by atoms with E-state index in [1.165, 1.54) is 0 Å². The van der Waals surface area contributed by atoms with Gasteiger partial charge in [-0.15, -0.1) is 0 Å². The fourth-order valence-corrected chi connectivity index (χ4v) is 0.333. The van der Waals surface area contributed by atoms with Gasteiger partial charge in [-0.3, -0.25) is 5.32 Å². The second kappa shape index (κ2) is 3.78. The van der Waals surface area contributed by atoms with Gasteiger partial charge in [-0.05, 0) is 13.3 Å². The Hall–Kier alpha value is -0.180. The number of alkyl halides is 2. The average molecular weight is 123 g/mol. The van der Waals surface area contributed by atoms with E-state index in [0.717, 1.165) is 6.42 Å². The summed E-state index contributed by atoms with van der Waals surface area (Å²) in [6, 6.07) is -0.0741. The van der Waals surface area contributed by atoms with Crippen LogP contribution in [0.25, 0.3) is 0 Å². The molecule has 0 aliphatic carbocycles. The Morgan fingerprint density at radius 1 is 1.50 bits per heavy atom. The van der Waals surface area contributed by atoms with Gasteiger partial charge in [0.2, 0.25) is 0 Å². The molecule has 1 atom stereocenters. The third kappa shape index (κ3) is 3.99. The summed E-state index contributed by atoms with van der Waals surface area (Å²) in [6.07, 6.45) is 0.740. The SMILES string of the molecule is CCC(C)NC(F)F. The summed E-state index contributed by atoms with van der Waals surface area (Å²) in [5.74, 6) is 0. The molecule has 0 rings (SSSR count). The molecule has 0 saturated heterocycles. The Labute approximate surface area is 48.1 Å². The number of hydrogen-bond acceptors (Lipinski definition) is 1. The van der Waals surface area contributed by atoms with Crippen molar-refractivity contribution in [1.29, 1.82) is 0 Å². The van der Waals surface area contributed by atoms with Crippen molar-refractivity contribution in [2.75, 3.05) is 0 Å². The minimum absolute atomic E-state index is 0.0741. The van der Waals surface area contributed by atoms with Crippen molar-refractivity contribution in [3.05, 3.63) is 0 Å². The molecule has 0 radical (unpaired) electrons. The maximum Gasteiger partial charge on any atom is 0.292 e. The molecule has 0 heterocycles. The summed E-state index contributed by atoms with van der Waals surface area (Å²) in [4.78, 5) is 0. The summed E-state index contributed by atoms with van der Waals surface area (Å²) in [5, 5.41) is 2.06. The zero-order valence-electron chi connectivity index (χ0n) is 5.12. The van der Waals surface area contributed by atoms with Gasteiger partial charge in [0.1, 0.15) is 0 Å². The standard InChI is InChI=1S/C5H11F2N/c1-3-4(2)8-5(6)7/h4-5,8H,3H2,1-2H3. The first-order valence-electron chi connectivity index (χ1n) is 2.71. The molecule has 0 spiro atoms. The van der Waals surface area contributed by atoms with E-state index in [4.69, 9.17) is 0 Å². The molecule has 50 valence electrons. The highest BCUT2D eigenvalue weighted by Gasteiger charge is 2.03. The van der Waals surface area contributed by atoms with Crippen LogP contribution in [0.5, 0.6) is 0 Å². The number of hydrogen-bond donors (Lipinski definition) is 1. The third-order valence-corrected chi connectivity index (χ3v) is 1.02. The molecule has 0 aromatic carbocycles. The minimum Gasteiger partial charge on any atom is -0.258 e. The van der Waals surface area contributed by atoms with E-state index >= 15 is 0 Å². The number of nitrogens with one attached hydrogen (secondary N) is 1. The number of rotatable bonds is 3. The molecule has 0 bridgehead atoms. The van der Waals surface area contributed by atoms with E-state index < -0.39 is 6.55 Å². The van der Waals surface area contributed by atoms with Crippen molar-refractivity contribution in [3.8, 4) is 0 Å². The smallest absolute Gasteiger partial charge is 0.258 e. The molecule has 0 fully saturated rings. The summed E-state index contributed by atoms with van der Waals surface area (Å²) in [5.41, 5.74) is 0. The van der Waals surface area contributed by atoms with Crippen LogP contribution >= 0.6 is 0 Å². The van der Waals surface area contributed by atoms with Crippen molar-refractivity contribution in [1.82, 2.24) is 5.32 Å². The first-order chi connectivity index (χ1) is 3.66. The number of halogens is 2. The average Bonchev–Trinajstić information content (AvgIpc) is 1.65. The Morgan fingerprint density at radius 2 is 2.00 bits per heavy atom. The lowest BCUT2D eigenvalue weighted by molar-refractivity contribution is 0.0945. The molecule has 0 aromatic heterocycles. The highest BCUT2D eigenvalue weighted by molar-refractivity contribution is 4.53. The fourth-order valence-electron chi connectivity index (χ4n) is 0.333. The van der Waals surface area contributed by atoms with E-state index in [9.17, 15) is 8.78 Å². The van der Waals surface area contributed by atoms with Crippen molar-refractivity contribution in [2.24, 2.45) is 0 Å². The summed E-state index contributed by atoms with van der Waals surface area (Å²) in [7, 11) is 0. The van der Waals surface area contributed by atoms with E-state index in [1.807, 2.05) is 6.92 Å². The molecule has 0 aromatic rings. The van der Waals surface area contributed by atoms with Gasteiger partial charge in [-0.1, -0.05) is 6.92 Å². The summed E-state index contributed by atoms with van der Waals surface area (Å²) >= 11 is 0. The van der Waals surface area contributed by atoms with Crippen LogP contribution in [0.4, 0.5) is 8.78 Å². The molecular weight excluding hydrogens is 112 g/mol. The van der Waals surface area contributed by atoms with Crippen molar-refractivity contribution in [2.45, 2.75) is 32.9 Å². The van der Waals surface area contributed by atoms with Gasteiger partial charge in [0.25, 0.3) is 6.55 Å². The largest absolute Gasteiger partial charge is 0.292 e. The van der Waals surface area contributed by atoms with Crippen LogP contribution in [-0.2, 0) is 0 Å². The van der Waals surface area contributed by atoms with Crippen LogP contribution in [0, 0.1) is 0 Å². The highest BCUT2D eigenvalue weighted by Crippen LogP contribution is 1.92. The van der Waals surface area contributed by atoms with Crippen LogP contribution in [0.3, 0.4) is 0 Å². The van der Waals surface area contributed by atoms with Crippen LogP contribution < -0.4 is 5.32 Å². The maximum absolute atomic E-state index is 11.4. The minimum atomic E-state index is -2.37. The first-order valence-corrected chi connectivity index (χ1v) is 2.71. The van der Waals surface area contributed by atoms with Crippen LogP contribution in [0.2, 0.25) is 0 Å². The van der Waals surface area contributed by atoms with Gasteiger partial charge < -0.3 is 0 Å². The van der Waals surface area contributed by atoms with Gasteiger partial charge in [0.15, 0.2) is 0 Å². The quantitative estimate of drug-likeness (QED) is 0.562. The van der Waals surface area contributed by atoms with Crippen LogP contribution in [0.1, 0.15) is 20.3 Å². The molecule has 1 N–H and O–H groups in total. The Morgan fingerprint density at radius 3 is 2.12 bits per heavy atom. The predicted octanol–water partition coefficient (Wildman–Crippen LogP) is 1.60. The van der Waals surface area contributed by atoms with Crippen LogP contribution in [0.15, 0.2) is 0 Å². The zero-order chi connectivity index (χ0) is 6.57. The van der Waals surface area contributed by atoms with Gasteiger partial charge in [0, 0.05) is 6.04 Å². The molecule has 3 heteroatoms. The Bertz CT molecular complexity index is 56.4. The third-order valence-electron chi connectivity index (χ3n) is 1.02. The molecule has 0 aliphatic rings. The van der Waals surface area contributed by atoms with Crippen molar-refractivity contribution in [3.63, 3.8) is 0 Å². The van der Waals surface area contributed by atoms with Gasteiger partial charge in [-0.2, -0.15) is 8.78 Å². The topological polar surface area (TPSA) is 12.0 Å². The Balaban J connectivity index is 3.10. The lowest BCUT2D eigenvalue weighted by atomic mass is 10.3. The predicted molar refractivity (Wildman–Crippen MR) is 28.9 cm³/mol. The van der Waals surface area contributed by atoms with Crippen LogP contribution in [-0.4, -0.2) is 12.6 Å². The molecule has 0 aliphatic heterocycles. The van der Waals surface area contributed by atoms with E-state index in [0.29, 0.717) is 0 Å².